The number of ether oxygens (including phenoxy) is 1. The molecule has 1 aromatic carbocycles. The molecule has 0 saturated carbocycles. The molecule has 0 unspecified atom stereocenters. The Bertz CT molecular complexity index is 490. The lowest BCUT2D eigenvalue weighted by atomic mass is 10.2. The summed E-state index contributed by atoms with van der Waals surface area (Å²) in [5, 5.41) is 0.101. The first kappa shape index (κ1) is 11.9. The number of hydrogen-bond acceptors (Lipinski definition) is 2. The highest BCUT2D eigenvalue weighted by molar-refractivity contribution is 6.30. The molecule has 0 N–H and O–H groups in total. The molecular weight excluding hydrogens is 241 g/mol. The van der Waals surface area contributed by atoms with Gasteiger partial charge in [0.05, 0.1) is 11.6 Å². The molecule has 2 aromatic rings. The van der Waals surface area contributed by atoms with Crippen molar-refractivity contribution >= 4 is 11.6 Å². The van der Waals surface area contributed by atoms with Crippen molar-refractivity contribution < 1.29 is 9.13 Å². The van der Waals surface area contributed by atoms with Crippen LogP contribution >= 0.6 is 11.6 Å². The molecule has 0 aliphatic rings. The minimum atomic E-state index is -0.467. The number of rotatable bonds is 4. The third-order valence-corrected chi connectivity index (χ3v) is 2.58. The van der Waals surface area contributed by atoms with Gasteiger partial charge in [-0.2, -0.15) is 0 Å². The Morgan fingerprint density at radius 3 is 2.88 bits per heavy atom. The standard InChI is InChI=1S/C13H11ClFNO/c14-12-4-3-11(8-13(12)15)17-7-5-10-2-1-6-16-9-10/h1-4,6,8-9H,5,7H2. The van der Waals surface area contributed by atoms with E-state index in [2.05, 4.69) is 4.98 Å². The Labute approximate surface area is 104 Å². The molecule has 4 heteroatoms. The Hall–Kier alpha value is -1.61. The van der Waals surface area contributed by atoms with Gasteiger partial charge in [-0.05, 0) is 23.8 Å². The fourth-order valence-corrected chi connectivity index (χ4v) is 1.52. The van der Waals surface area contributed by atoms with Crippen LogP contribution in [0.1, 0.15) is 5.56 Å². The molecule has 17 heavy (non-hydrogen) atoms. The van der Waals surface area contributed by atoms with Crippen LogP contribution in [0.25, 0.3) is 0 Å². The van der Waals surface area contributed by atoms with Gasteiger partial charge in [-0.1, -0.05) is 17.7 Å². The number of hydrogen-bond donors (Lipinski definition) is 0. The third kappa shape index (κ3) is 3.43. The normalized spacial score (nSPS) is 10.2. The van der Waals surface area contributed by atoms with Crippen LogP contribution in [-0.4, -0.2) is 11.6 Å². The topological polar surface area (TPSA) is 22.1 Å². The van der Waals surface area contributed by atoms with Gasteiger partial charge in [0, 0.05) is 24.9 Å². The highest BCUT2D eigenvalue weighted by Crippen LogP contribution is 2.20. The summed E-state index contributed by atoms with van der Waals surface area (Å²) in [6, 6.07) is 8.26. The van der Waals surface area contributed by atoms with E-state index in [1.165, 1.54) is 12.1 Å². The molecule has 0 radical (unpaired) electrons. The molecule has 1 heterocycles. The Kier molecular flexibility index (Phi) is 3.94. The molecule has 0 atom stereocenters. The van der Waals surface area contributed by atoms with Crippen LogP contribution in [0, 0.1) is 5.82 Å². The van der Waals surface area contributed by atoms with Crippen molar-refractivity contribution in [1.82, 2.24) is 4.98 Å². The summed E-state index contributed by atoms with van der Waals surface area (Å²) >= 11 is 5.57. The van der Waals surface area contributed by atoms with E-state index in [-0.39, 0.29) is 5.02 Å². The maximum atomic E-state index is 13.1. The maximum Gasteiger partial charge on any atom is 0.145 e. The number of aromatic nitrogens is 1. The minimum Gasteiger partial charge on any atom is -0.493 e. The smallest absolute Gasteiger partial charge is 0.145 e. The van der Waals surface area contributed by atoms with Crippen molar-refractivity contribution in [2.24, 2.45) is 0 Å². The van der Waals surface area contributed by atoms with Crippen LogP contribution in [-0.2, 0) is 6.42 Å². The van der Waals surface area contributed by atoms with Gasteiger partial charge in [0.15, 0.2) is 0 Å². The summed E-state index contributed by atoms with van der Waals surface area (Å²) in [7, 11) is 0. The molecule has 0 bridgehead atoms. The van der Waals surface area contributed by atoms with Gasteiger partial charge in [0.2, 0.25) is 0 Å². The number of halogens is 2. The summed E-state index contributed by atoms with van der Waals surface area (Å²) in [6.45, 7) is 0.479. The van der Waals surface area contributed by atoms with Crippen molar-refractivity contribution in [3.63, 3.8) is 0 Å². The Morgan fingerprint density at radius 1 is 1.29 bits per heavy atom. The summed E-state index contributed by atoms with van der Waals surface area (Å²) in [5.74, 6) is 0.0151. The van der Waals surface area contributed by atoms with Crippen molar-refractivity contribution in [3.05, 3.63) is 59.1 Å². The van der Waals surface area contributed by atoms with Gasteiger partial charge in [0.25, 0.3) is 0 Å². The van der Waals surface area contributed by atoms with Crippen molar-refractivity contribution in [2.75, 3.05) is 6.61 Å². The summed E-state index contributed by atoms with van der Waals surface area (Å²) in [5.41, 5.74) is 1.09. The fraction of sp³-hybridized carbons (Fsp3) is 0.154. The van der Waals surface area contributed by atoms with E-state index in [0.717, 1.165) is 12.0 Å². The van der Waals surface area contributed by atoms with Crippen molar-refractivity contribution in [1.29, 1.82) is 0 Å². The SMILES string of the molecule is Fc1cc(OCCc2cccnc2)ccc1Cl. The van der Waals surface area contributed by atoms with Crippen LogP contribution in [0.2, 0.25) is 5.02 Å². The average Bonchev–Trinajstić information content (AvgIpc) is 2.35. The molecule has 0 saturated heterocycles. The Morgan fingerprint density at radius 2 is 2.18 bits per heavy atom. The van der Waals surface area contributed by atoms with E-state index in [1.807, 2.05) is 12.1 Å². The van der Waals surface area contributed by atoms with E-state index < -0.39 is 5.82 Å². The monoisotopic (exact) mass is 251 g/mol. The van der Waals surface area contributed by atoms with Gasteiger partial charge >= 0.3 is 0 Å². The molecule has 0 aliphatic carbocycles. The average molecular weight is 252 g/mol. The van der Waals surface area contributed by atoms with Gasteiger partial charge in [0.1, 0.15) is 11.6 Å². The zero-order chi connectivity index (χ0) is 12.1. The number of pyridine rings is 1. The van der Waals surface area contributed by atoms with Crippen LogP contribution in [0.3, 0.4) is 0 Å². The van der Waals surface area contributed by atoms with Crippen LogP contribution in [0.15, 0.2) is 42.7 Å². The molecular formula is C13H11ClFNO. The van der Waals surface area contributed by atoms with E-state index in [1.54, 1.807) is 18.5 Å². The van der Waals surface area contributed by atoms with E-state index in [9.17, 15) is 4.39 Å². The lowest BCUT2D eigenvalue weighted by Gasteiger charge is -2.06. The van der Waals surface area contributed by atoms with Crippen LogP contribution in [0.5, 0.6) is 5.75 Å². The predicted molar refractivity (Wildman–Crippen MR) is 64.8 cm³/mol. The molecule has 2 rings (SSSR count). The molecule has 0 amide bonds. The second kappa shape index (κ2) is 5.64. The highest BCUT2D eigenvalue weighted by Gasteiger charge is 2.01. The lowest BCUT2D eigenvalue weighted by molar-refractivity contribution is 0.320. The van der Waals surface area contributed by atoms with E-state index >= 15 is 0 Å². The first-order valence-corrected chi connectivity index (χ1v) is 5.60. The van der Waals surface area contributed by atoms with Crippen LogP contribution < -0.4 is 4.74 Å². The Balaban J connectivity index is 1.88. The second-order valence-corrected chi connectivity index (χ2v) is 3.94. The summed E-state index contributed by atoms with van der Waals surface area (Å²) in [4.78, 5) is 4.00. The van der Waals surface area contributed by atoms with Gasteiger partial charge in [-0.15, -0.1) is 0 Å². The first-order valence-electron chi connectivity index (χ1n) is 5.22. The quantitative estimate of drug-likeness (QED) is 0.830. The number of benzene rings is 1. The molecule has 0 spiro atoms. The summed E-state index contributed by atoms with van der Waals surface area (Å²) in [6.07, 6.45) is 4.24. The third-order valence-electron chi connectivity index (χ3n) is 2.27. The summed E-state index contributed by atoms with van der Waals surface area (Å²) < 4.78 is 18.5. The maximum absolute atomic E-state index is 13.1. The predicted octanol–water partition coefficient (Wildman–Crippen LogP) is 3.50. The highest BCUT2D eigenvalue weighted by atomic mass is 35.5. The van der Waals surface area contributed by atoms with Gasteiger partial charge in [-0.3, -0.25) is 4.98 Å². The van der Waals surface area contributed by atoms with Crippen LogP contribution in [0.4, 0.5) is 4.39 Å². The van der Waals surface area contributed by atoms with E-state index in [4.69, 9.17) is 16.3 Å². The second-order valence-electron chi connectivity index (χ2n) is 3.54. The van der Waals surface area contributed by atoms with Crippen molar-refractivity contribution in [3.8, 4) is 5.75 Å². The molecule has 1 aromatic heterocycles. The molecule has 0 fully saturated rings. The largest absolute Gasteiger partial charge is 0.493 e. The van der Waals surface area contributed by atoms with Gasteiger partial charge in [-0.25, -0.2) is 4.39 Å². The first-order chi connectivity index (χ1) is 8.25. The molecule has 2 nitrogen and oxygen atoms in total. The lowest BCUT2D eigenvalue weighted by Crippen LogP contribution is -2.01. The molecule has 88 valence electrons. The van der Waals surface area contributed by atoms with Crippen molar-refractivity contribution in [2.45, 2.75) is 6.42 Å². The fourth-order valence-electron chi connectivity index (χ4n) is 1.40. The van der Waals surface area contributed by atoms with Gasteiger partial charge < -0.3 is 4.74 Å². The zero-order valence-corrected chi connectivity index (χ0v) is 9.82. The number of nitrogens with zero attached hydrogens (tertiary/aromatic N) is 1. The zero-order valence-electron chi connectivity index (χ0n) is 9.07. The van der Waals surface area contributed by atoms with E-state index in [0.29, 0.717) is 12.4 Å². The minimum absolute atomic E-state index is 0.101. The molecule has 0 aliphatic heterocycles.